The molecule has 1 saturated carbocycles. The third-order valence-corrected chi connectivity index (χ3v) is 5.52. The van der Waals surface area contributed by atoms with Gasteiger partial charge in [-0.05, 0) is 40.9 Å². The molecular weight excluding hydrogens is 377 g/mol. The molecule has 0 spiro atoms. The topological polar surface area (TPSA) is 54.5 Å². The first-order valence-electron chi connectivity index (χ1n) is 5.42. The van der Waals surface area contributed by atoms with Crippen molar-refractivity contribution >= 4 is 53.2 Å². The van der Waals surface area contributed by atoms with Crippen LogP contribution in [0.2, 0.25) is 5.02 Å². The summed E-state index contributed by atoms with van der Waals surface area (Å²) in [5.41, 5.74) is 0.137. The van der Waals surface area contributed by atoms with E-state index in [2.05, 4.69) is 15.9 Å². The van der Waals surface area contributed by atoms with E-state index in [0.29, 0.717) is 0 Å². The summed E-state index contributed by atoms with van der Waals surface area (Å²) < 4.78 is 23.1. The largest absolute Gasteiger partial charge is 0.339 e. The molecule has 0 aliphatic heterocycles. The second-order valence-electron chi connectivity index (χ2n) is 4.35. The van der Waals surface area contributed by atoms with Gasteiger partial charge in [-0.25, -0.2) is 8.42 Å². The minimum atomic E-state index is -3.94. The quantitative estimate of drug-likeness (QED) is 0.749. The van der Waals surface area contributed by atoms with Crippen LogP contribution in [0.3, 0.4) is 0 Å². The van der Waals surface area contributed by atoms with Crippen molar-refractivity contribution in [1.82, 2.24) is 4.90 Å². The zero-order valence-electron chi connectivity index (χ0n) is 9.86. The van der Waals surface area contributed by atoms with Gasteiger partial charge in [-0.2, -0.15) is 0 Å². The number of hydrogen-bond acceptors (Lipinski definition) is 3. The Balaban J connectivity index is 2.48. The highest BCUT2D eigenvalue weighted by atomic mass is 79.9. The summed E-state index contributed by atoms with van der Waals surface area (Å²) in [5.74, 6) is -0.304. The lowest BCUT2D eigenvalue weighted by Crippen LogP contribution is -2.29. The van der Waals surface area contributed by atoms with Crippen molar-refractivity contribution in [2.45, 2.75) is 23.8 Å². The molecule has 1 amide bonds. The monoisotopic (exact) mass is 385 g/mol. The molecule has 1 fully saturated rings. The molecule has 1 aromatic carbocycles. The molecule has 0 radical (unpaired) electrons. The number of halogens is 3. The van der Waals surface area contributed by atoms with Crippen LogP contribution in [0.1, 0.15) is 23.2 Å². The number of carbonyl (C=O) groups is 1. The molecule has 8 heteroatoms. The van der Waals surface area contributed by atoms with Crippen LogP contribution in [0.25, 0.3) is 0 Å². The summed E-state index contributed by atoms with van der Waals surface area (Å²) in [6, 6.07) is 2.78. The molecule has 0 N–H and O–H groups in total. The van der Waals surface area contributed by atoms with E-state index in [1.165, 1.54) is 12.1 Å². The molecule has 0 unspecified atom stereocenters. The zero-order valence-corrected chi connectivity index (χ0v) is 13.8. The highest BCUT2D eigenvalue weighted by molar-refractivity contribution is 9.10. The van der Waals surface area contributed by atoms with E-state index < -0.39 is 9.05 Å². The van der Waals surface area contributed by atoms with Crippen molar-refractivity contribution in [1.29, 1.82) is 0 Å². The molecule has 0 bridgehead atoms. The summed E-state index contributed by atoms with van der Waals surface area (Å²) in [4.78, 5) is 13.6. The van der Waals surface area contributed by atoms with Crippen molar-refractivity contribution < 1.29 is 13.2 Å². The highest BCUT2D eigenvalue weighted by Crippen LogP contribution is 2.33. The Labute approximate surface area is 129 Å². The minimum absolute atomic E-state index is 0.137. The molecular formula is C11H10BrCl2NO3S. The van der Waals surface area contributed by atoms with E-state index in [0.717, 1.165) is 12.8 Å². The van der Waals surface area contributed by atoms with Gasteiger partial charge in [0.25, 0.3) is 15.0 Å². The lowest BCUT2D eigenvalue weighted by molar-refractivity contribution is 0.0785. The van der Waals surface area contributed by atoms with Crippen LogP contribution in [0.5, 0.6) is 0 Å². The summed E-state index contributed by atoms with van der Waals surface area (Å²) in [7, 11) is 3.05. The summed E-state index contributed by atoms with van der Waals surface area (Å²) in [6.07, 6.45) is 1.91. The molecule has 0 saturated heterocycles. The van der Waals surface area contributed by atoms with Crippen LogP contribution in [-0.4, -0.2) is 32.3 Å². The summed E-state index contributed by atoms with van der Waals surface area (Å²) in [6.45, 7) is 0. The molecule has 1 aliphatic carbocycles. The minimum Gasteiger partial charge on any atom is -0.339 e. The smallest absolute Gasteiger partial charge is 0.262 e. The first-order chi connectivity index (χ1) is 8.71. The number of amides is 1. The van der Waals surface area contributed by atoms with Crippen LogP contribution < -0.4 is 0 Å². The predicted octanol–water partition coefficient (Wildman–Crippen LogP) is 3.26. The van der Waals surface area contributed by atoms with Crippen LogP contribution in [0.15, 0.2) is 21.5 Å². The third kappa shape index (κ3) is 3.24. The average Bonchev–Trinajstić information content (AvgIpc) is 3.09. The van der Waals surface area contributed by atoms with Crippen molar-refractivity contribution in [2.75, 3.05) is 7.05 Å². The number of rotatable bonds is 3. The molecule has 2 rings (SSSR count). The van der Waals surface area contributed by atoms with Crippen LogP contribution in [0, 0.1) is 0 Å². The molecule has 104 valence electrons. The van der Waals surface area contributed by atoms with Crippen LogP contribution >= 0.6 is 38.2 Å². The molecule has 4 nitrogen and oxygen atoms in total. The number of nitrogens with zero attached hydrogens (tertiary/aromatic N) is 1. The SMILES string of the molecule is CN(C(=O)c1cc(S(=O)(=O)Cl)c(Br)cc1Cl)C1CC1. The Hall–Kier alpha value is -0.300. The number of carbonyl (C=O) groups excluding carboxylic acids is 1. The first kappa shape index (κ1) is 15.1. The normalized spacial score (nSPS) is 15.4. The van der Waals surface area contributed by atoms with Crippen LogP contribution in [0.4, 0.5) is 0 Å². The van der Waals surface area contributed by atoms with Crippen molar-refractivity contribution in [2.24, 2.45) is 0 Å². The van der Waals surface area contributed by atoms with Gasteiger partial charge in [-0.15, -0.1) is 0 Å². The Kier molecular flexibility index (Phi) is 4.16. The first-order valence-corrected chi connectivity index (χ1v) is 8.90. The Bertz CT molecular complexity index is 644. The van der Waals surface area contributed by atoms with Crippen molar-refractivity contribution in [3.63, 3.8) is 0 Å². The molecule has 0 heterocycles. The summed E-state index contributed by atoms with van der Waals surface area (Å²) >= 11 is 9.07. The van der Waals surface area contributed by atoms with E-state index >= 15 is 0 Å². The van der Waals surface area contributed by atoms with Gasteiger partial charge in [0.15, 0.2) is 0 Å². The van der Waals surface area contributed by atoms with Crippen molar-refractivity contribution in [3.8, 4) is 0 Å². The fourth-order valence-corrected chi connectivity index (χ4v) is 4.27. The molecule has 0 atom stereocenters. The highest BCUT2D eigenvalue weighted by Gasteiger charge is 2.31. The maximum Gasteiger partial charge on any atom is 0.262 e. The Morgan fingerprint density at radius 3 is 2.47 bits per heavy atom. The fraction of sp³-hybridized carbons (Fsp3) is 0.364. The molecule has 1 aliphatic rings. The van der Waals surface area contributed by atoms with Gasteiger partial charge in [0.05, 0.1) is 15.5 Å². The second kappa shape index (κ2) is 5.24. The van der Waals surface area contributed by atoms with Gasteiger partial charge in [0.2, 0.25) is 0 Å². The third-order valence-electron chi connectivity index (χ3n) is 2.93. The zero-order chi connectivity index (χ0) is 14.4. The van der Waals surface area contributed by atoms with Gasteiger partial charge in [0, 0.05) is 28.2 Å². The van der Waals surface area contributed by atoms with E-state index in [-0.39, 0.29) is 31.9 Å². The average molecular weight is 387 g/mol. The van der Waals surface area contributed by atoms with Crippen LogP contribution in [-0.2, 0) is 9.05 Å². The van der Waals surface area contributed by atoms with Gasteiger partial charge in [0.1, 0.15) is 0 Å². The van der Waals surface area contributed by atoms with Crippen molar-refractivity contribution in [3.05, 3.63) is 27.2 Å². The number of benzene rings is 1. The van der Waals surface area contributed by atoms with E-state index in [9.17, 15) is 13.2 Å². The van der Waals surface area contributed by atoms with Gasteiger partial charge < -0.3 is 4.90 Å². The lowest BCUT2D eigenvalue weighted by atomic mass is 10.2. The second-order valence-corrected chi connectivity index (χ2v) is 8.14. The molecule has 19 heavy (non-hydrogen) atoms. The Morgan fingerprint density at radius 1 is 1.42 bits per heavy atom. The maximum absolute atomic E-state index is 12.2. The Morgan fingerprint density at radius 2 is 2.00 bits per heavy atom. The lowest BCUT2D eigenvalue weighted by Gasteiger charge is -2.17. The van der Waals surface area contributed by atoms with E-state index in [4.69, 9.17) is 22.3 Å². The maximum atomic E-state index is 12.2. The van der Waals surface area contributed by atoms with E-state index in [1.54, 1.807) is 11.9 Å². The predicted molar refractivity (Wildman–Crippen MR) is 77.3 cm³/mol. The summed E-state index contributed by atoms with van der Waals surface area (Å²) in [5, 5.41) is 0.188. The number of hydrogen-bond donors (Lipinski definition) is 0. The van der Waals surface area contributed by atoms with Gasteiger partial charge >= 0.3 is 0 Å². The van der Waals surface area contributed by atoms with Gasteiger partial charge in [-0.3, -0.25) is 4.79 Å². The molecule has 1 aromatic rings. The van der Waals surface area contributed by atoms with E-state index in [1.807, 2.05) is 0 Å². The fourth-order valence-electron chi connectivity index (χ4n) is 1.70. The molecule has 0 aromatic heterocycles. The standard InChI is InChI=1S/C11H10BrCl2NO3S/c1-15(6-2-3-6)11(16)7-4-10(19(14,17)18)8(12)5-9(7)13/h4-6H,2-3H2,1H3. The van der Waals surface area contributed by atoms with Gasteiger partial charge in [-0.1, -0.05) is 11.6 Å².